The standard InChI is InChI=1S/C24H29N3OS/c1-5-18-8-12-19(13-9-18)22(27(3)4)15-25-23(28)14-21-16-29-24(26-21)20-10-6-17(2)7-11-20/h6-13,16,22H,5,14-15H2,1-4H3,(H,25,28). The van der Waals surface area contributed by atoms with E-state index in [9.17, 15) is 4.79 Å². The molecular formula is C24H29N3OS. The first-order valence-corrected chi connectivity index (χ1v) is 10.9. The van der Waals surface area contributed by atoms with Crippen molar-refractivity contribution in [3.05, 3.63) is 76.3 Å². The van der Waals surface area contributed by atoms with E-state index in [1.807, 2.05) is 19.5 Å². The van der Waals surface area contributed by atoms with Crippen LogP contribution in [0.1, 0.15) is 35.3 Å². The molecule has 1 atom stereocenters. The van der Waals surface area contributed by atoms with Gasteiger partial charge < -0.3 is 10.2 Å². The van der Waals surface area contributed by atoms with Crippen molar-refractivity contribution < 1.29 is 4.79 Å². The fraction of sp³-hybridized carbons (Fsp3) is 0.333. The number of carbonyl (C=O) groups is 1. The molecule has 1 amide bonds. The van der Waals surface area contributed by atoms with E-state index in [-0.39, 0.29) is 11.9 Å². The monoisotopic (exact) mass is 407 g/mol. The number of aromatic nitrogens is 1. The first-order valence-electron chi connectivity index (χ1n) is 9.99. The van der Waals surface area contributed by atoms with Gasteiger partial charge in [0.25, 0.3) is 0 Å². The summed E-state index contributed by atoms with van der Waals surface area (Å²) >= 11 is 1.58. The lowest BCUT2D eigenvalue weighted by Gasteiger charge is -2.25. The van der Waals surface area contributed by atoms with Crippen LogP contribution >= 0.6 is 11.3 Å². The number of amides is 1. The average Bonchev–Trinajstić information content (AvgIpc) is 3.17. The van der Waals surface area contributed by atoms with Crippen LogP contribution in [0.4, 0.5) is 0 Å². The van der Waals surface area contributed by atoms with Gasteiger partial charge in [-0.05, 0) is 38.6 Å². The van der Waals surface area contributed by atoms with Crippen molar-refractivity contribution in [1.82, 2.24) is 15.2 Å². The lowest BCUT2D eigenvalue weighted by molar-refractivity contribution is -0.120. The van der Waals surface area contributed by atoms with E-state index in [1.165, 1.54) is 16.7 Å². The van der Waals surface area contributed by atoms with Crippen LogP contribution in [0.3, 0.4) is 0 Å². The Morgan fingerprint density at radius 3 is 2.41 bits per heavy atom. The van der Waals surface area contributed by atoms with Crippen LogP contribution < -0.4 is 5.32 Å². The minimum absolute atomic E-state index is 0.00258. The number of likely N-dealkylation sites (N-methyl/N-ethyl adjacent to an activating group) is 1. The van der Waals surface area contributed by atoms with Crippen LogP contribution in [-0.2, 0) is 17.6 Å². The summed E-state index contributed by atoms with van der Waals surface area (Å²) in [6.45, 7) is 4.80. The van der Waals surface area contributed by atoms with Gasteiger partial charge in [-0.1, -0.05) is 61.0 Å². The molecule has 0 radical (unpaired) electrons. The molecule has 3 rings (SSSR count). The molecule has 0 aliphatic carbocycles. The molecule has 152 valence electrons. The molecule has 5 heteroatoms. The molecule has 0 aliphatic rings. The lowest BCUT2D eigenvalue weighted by Crippen LogP contribution is -2.35. The van der Waals surface area contributed by atoms with Gasteiger partial charge in [-0.15, -0.1) is 11.3 Å². The molecule has 3 aromatic rings. The van der Waals surface area contributed by atoms with Gasteiger partial charge in [-0.3, -0.25) is 4.79 Å². The fourth-order valence-electron chi connectivity index (χ4n) is 3.23. The number of nitrogens with one attached hydrogen (secondary N) is 1. The number of carbonyl (C=O) groups excluding carboxylic acids is 1. The Kier molecular flexibility index (Phi) is 7.18. The summed E-state index contributed by atoms with van der Waals surface area (Å²) in [7, 11) is 4.08. The summed E-state index contributed by atoms with van der Waals surface area (Å²) in [6.07, 6.45) is 1.33. The maximum Gasteiger partial charge on any atom is 0.226 e. The molecule has 1 unspecified atom stereocenters. The molecule has 0 saturated carbocycles. The summed E-state index contributed by atoms with van der Waals surface area (Å²) in [4.78, 5) is 19.3. The van der Waals surface area contributed by atoms with Crippen LogP contribution in [0, 0.1) is 6.92 Å². The van der Waals surface area contributed by atoms with E-state index >= 15 is 0 Å². The van der Waals surface area contributed by atoms with Crippen LogP contribution in [0.5, 0.6) is 0 Å². The lowest BCUT2D eigenvalue weighted by atomic mass is 10.0. The highest BCUT2D eigenvalue weighted by Crippen LogP contribution is 2.24. The zero-order chi connectivity index (χ0) is 20.8. The summed E-state index contributed by atoms with van der Waals surface area (Å²) < 4.78 is 0. The van der Waals surface area contributed by atoms with E-state index in [1.54, 1.807) is 11.3 Å². The second-order valence-corrected chi connectivity index (χ2v) is 8.42. The van der Waals surface area contributed by atoms with E-state index in [2.05, 4.69) is 77.6 Å². The van der Waals surface area contributed by atoms with E-state index in [0.29, 0.717) is 13.0 Å². The highest BCUT2D eigenvalue weighted by atomic mass is 32.1. The van der Waals surface area contributed by atoms with Crippen molar-refractivity contribution in [3.8, 4) is 10.6 Å². The normalized spacial score (nSPS) is 12.2. The average molecular weight is 408 g/mol. The number of benzene rings is 2. The molecular weight excluding hydrogens is 378 g/mol. The Balaban J connectivity index is 1.58. The Morgan fingerprint density at radius 1 is 1.10 bits per heavy atom. The largest absolute Gasteiger partial charge is 0.354 e. The molecule has 0 aliphatic heterocycles. The van der Waals surface area contributed by atoms with Gasteiger partial charge in [0.1, 0.15) is 5.01 Å². The first kappa shape index (κ1) is 21.2. The third kappa shape index (κ3) is 5.75. The molecule has 1 N–H and O–H groups in total. The van der Waals surface area contributed by atoms with Gasteiger partial charge in [0.05, 0.1) is 18.2 Å². The summed E-state index contributed by atoms with van der Waals surface area (Å²) in [5, 5.41) is 6.01. The van der Waals surface area contributed by atoms with Crippen LogP contribution in [0.25, 0.3) is 10.6 Å². The second kappa shape index (κ2) is 9.81. The van der Waals surface area contributed by atoms with Gasteiger partial charge in [0.2, 0.25) is 5.91 Å². The number of rotatable bonds is 8. The third-order valence-electron chi connectivity index (χ3n) is 5.08. The van der Waals surface area contributed by atoms with Crippen LogP contribution in [-0.4, -0.2) is 36.4 Å². The maximum atomic E-state index is 12.5. The highest BCUT2D eigenvalue weighted by Gasteiger charge is 2.16. The van der Waals surface area contributed by atoms with Gasteiger partial charge in [0.15, 0.2) is 0 Å². The minimum atomic E-state index is 0.00258. The number of aryl methyl sites for hydroxylation is 2. The smallest absolute Gasteiger partial charge is 0.226 e. The molecule has 1 heterocycles. The Bertz CT molecular complexity index is 930. The number of hydrogen-bond donors (Lipinski definition) is 1. The molecule has 1 aromatic heterocycles. The van der Waals surface area contributed by atoms with Gasteiger partial charge in [-0.2, -0.15) is 0 Å². The van der Waals surface area contributed by atoms with Crippen LogP contribution in [0.15, 0.2) is 53.9 Å². The summed E-state index contributed by atoms with van der Waals surface area (Å²) in [6, 6.07) is 17.1. The molecule has 0 bridgehead atoms. The van der Waals surface area contributed by atoms with Crippen molar-refractivity contribution >= 4 is 17.2 Å². The number of nitrogens with zero attached hydrogens (tertiary/aromatic N) is 2. The number of hydrogen-bond acceptors (Lipinski definition) is 4. The molecule has 0 spiro atoms. The van der Waals surface area contributed by atoms with Crippen molar-refractivity contribution in [1.29, 1.82) is 0 Å². The highest BCUT2D eigenvalue weighted by molar-refractivity contribution is 7.13. The van der Waals surface area contributed by atoms with E-state index < -0.39 is 0 Å². The fourth-order valence-corrected chi connectivity index (χ4v) is 4.05. The van der Waals surface area contributed by atoms with Gasteiger partial charge in [-0.25, -0.2) is 4.98 Å². The Morgan fingerprint density at radius 2 is 1.79 bits per heavy atom. The van der Waals surface area contributed by atoms with E-state index in [4.69, 9.17) is 0 Å². The Labute approximate surface area is 177 Å². The molecule has 0 fully saturated rings. The molecule has 4 nitrogen and oxygen atoms in total. The van der Waals surface area contributed by atoms with E-state index in [0.717, 1.165) is 22.7 Å². The Hall–Kier alpha value is -2.50. The topological polar surface area (TPSA) is 45.2 Å². The first-order chi connectivity index (χ1) is 14.0. The second-order valence-electron chi connectivity index (χ2n) is 7.57. The predicted octanol–water partition coefficient (Wildman–Crippen LogP) is 4.64. The van der Waals surface area contributed by atoms with Crippen LogP contribution in [0.2, 0.25) is 0 Å². The zero-order valence-corrected chi connectivity index (χ0v) is 18.4. The maximum absolute atomic E-state index is 12.5. The van der Waals surface area contributed by atoms with Gasteiger partial charge in [0, 0.05) is 17.5 Å². The van der Waals surface area contributed by atoms with Crippen molar-refractivity contribution in [2.45, 2.75) is 32.7 Å². The molecule has 29 heavy (non-hydrogen) atoms. The summed E-state index contributed by atoms with van der Waals surface area (Å²) in [5.74, 6) is 0.00258. The van der Waals surface area contributed by atoms with Crippen molar-refractivity contribution in [2.75, 3.05) is 20.6 Å². The minimum Gasteiger partial charge on any atom is -0.354 e. The zero-order valence-electron chi connectivity index (χ0n) is 17.6. The van der Waals surface area contributed by atoms with Crippen molar-refractivity contribution in [2.24, 2.45) is 0 Å². The SMILES string of the molecule is CCc1ccc(C(CNC(=O)Cc2csc(-c3ccc(C)cc3)n2)N(C)C)cc1. The third-order valence-corrected chi connectivity index (χ3v) is 6.02. The van der Waals surface area contributed by atoms with Crippen molar-refractivity contribution in [3.63, 3.8) is 0 Å². The molecule has 0 saturated heterocycles. The van der Waals surface area contributed by atoms with Gasteiger partial charge >= 0.3 is 0 Å². The molecule has 2 aromatic carbocycles. The quantitative estimate of drug-likeness (QED) is 0.591. The predicted molar refractivity (Wildman–Crippen MR) is 121 cm³/mol. The number of thiazole rings is 1. The summed E-state index contributed by atoms with van der Waals surface area (Å²) in [5.41, 5.74) is 5.67.